The van der Waals surface area contributed by atoms with Crippen molar-refractivity contribution >= 4 is 0 Å². The van der Waals surface area contributed by atoms with E-state index in [1.54, 1.807) is 0 Å². The second-order valence-electron chi connectivity index (χ2n) is 4.20. The Morgan fingerprint density at radius 3 is 0.529 bits per heavy atom. The van der Waals surface area contributed by atoms with E-state index in [-0.39, 0.29) is 20.4 Å². The zero-order valence-corrected chi connectivity index (χ0v) is 12.1. The van der Waals surface area contributed by atoms with E-state index in [2.05, 4.69) is 48.6 Å². The molecule has 0 aromatic rings. The summed E-state index contributed by atoms with van der Waals surface area (Å²) in [6.45, 7) is 0. The van der Waals surface area contributed by atoms with Gasteiger partial charge < -0.3 is 0 Å². The molecular weight excluding hydrogens is 299 g/mol. The smallest absolute Gasteiger partial charge is 0 e. The van der Waals surface area contributed by atoms with Gasteiger partial charge in [-0.15, -0.1) is 0 Å². The fourth-order valence-electron chi connectivity index (χ4n) is 1.71. The van der Waals surface area contributed by atoms with Gasteiger partial charge in [0.2, 0.25) is 0 Å². The fraction of sp³-hybridized carbons (Fsp3) is 0.500. The number of hydrogen-bond acceptors (Lipinski definition) is 0. The monoisotopic (exact) mass is 322 g/mol. The summed E-state index contributed by atoms with van der Waals surface area (Å²) in [5.41, 5.74) is 0. The minimum atomic E-state index is 0. The molecule has 0 aromatic carbocycles. The third-order valence-electron chi connectivity index (χ3n) is 2.67. The van der Waals surface area contributed by atoms with Crippen molar-refractivity contribution in [1.82, 2.24) is 0 Å². The Morgan fingerprint density at radius 2 is 0.412 bits per heavy atom. The van der Waals surface area contributed by atoms with Crippen molar-refractivity contribution < 1.29 is 20.4 Å². The predicted octanol–water partition coefficient (Wildman–Crippen LogP) is 5.34. The minimum Gasteiger partial charge on any atom is -0.0882 e. The molecule has 0 spiro atoms. The molecule has 2 aliphatic carbocycles. The molecule has 98 valence electrons. The van der Waals surface area contributed by atoms with E-state index in [9.17, 15) is 0 Å². The molecule has 2 rings (SSSR count). The molecule has 0 N–H and O–H groups in total. The largest absolute Gasteiger partial charge is 0.0882 e. The van der Waals surface area contributed by atoms with Gasteiger partial charge in [-0.3, -0.25) is 0 Å². The predicted molar refractivity (Wildman–Crippen MR) is 73.5 cm³/mol. The molecule has 0 atom stereocenters. The van der Waals surface area contributed by atoms with E-state index in [1.165, 1.54) is 51.4 Å². The molecule has 0 aliphatic heterocycles. The first kappa shape index (κ1) is 16.6. The Hall–Kier alpha value is -0.378. The number of hydrogen-bond donors (Lipinski definition) is 0. The minimum absolute atomic E-state index is 0. The van der Waals surface area contributed by atoms with Crippen LogP contribution in [-0.2, 0) is 20.4 Å². The molecule has 1 heteroatoms. The maximum atomic E-state index is 2.27. The molecule has 0 aromatic heterocycles. The van der Waals surface area contributed by atoms with Crippen LogP contribution in [0.1, 0.15) is 51.4 Å². The first-order valence-electron chi connectivity index (χ1n) is 6.60. The SMILES string of the molecule is C1=CCC/C=C\CC1.C1=CCC/C=C\CC1.[Pd]. The average molecular weight is 323 g/mol. The van der Waals surface area contributed by atoms with E-state index in [0.29, 0.717) is 0 Å². The van der Waals surface area contributed by atoms with Crippen LogP contribution in [0.15, 0.2) is 48.6 Å². The van der Waals surface area contributed by atoms with E-state index >= 15 is 0 Å². The van der Waals surface area contributed by atoms with E-state index in [4.69, 9.17) is 0 Å². The Balaban J connectivity index is 0.000000284. The average Bonchev–Trinajstić information content (AvgIpc) is 2.15. The molecule has 0 bridgehead atoms. The summed E-state index contributed by atoms with van der Waals surface area (Å²) in [5.74, 6) is 0. The van der Waals surface area contributed by atoms with E-state index in [0.717, 1.165) is 0 Å². The number of rotatable bonds is 0. The zero-order chi connectivity index (χ0) is 11.3. The van der Waals surface area contributed by atoms with Crippen LogP contribution < -0.4 is 0 Å². The Bertz CT molecular complexity index is 179. The van der Waals surface area contributed by atoms with E-state index < -0.39 is 0 Å². The van der Waals surface area contributed by atoms with Crippen LogP contribution >= 0.6 is 0 Å². The zero-order valence-electron chi connectivity index (χ0n) is 10.6. The summed E-state index contributed by atoms with van der Waals surface area (Å²) >= 11 is 0. The van der Waals surface area contributed by atoms with Gasteiger partial charge in [-0.25, -0.2) is 0 Å². The topological polar surface area (TPSA) is 0 Å². The van der Waals surface area contributed by atoms with Crippen molar-refractivity contribution in [3.05, 3.63) is 48.6 Å². The standard InChI is InChI=1S/2C8H12.Pd/c2*1-2-4-6-8-7-5-3-1;/h2*1-2,7-8H,3-6H2;/b2*2-1-,8-7?;. The molecule has 17 heavy (non-hydrogen) atoms. The second kappa shape index (κ2) is 13.7. The normalized spacial score (nSPS) is 22.6. The van der Waals surface area contributed by atoms with Gasteiger partial charge in [0.25, 0.3) is 0 Å². The summed E-state index contributed by atoms with van der Waals surface area (Å²) in [5, 5.41) is 0. The van der Waals surface area contributed by atoms with Gasteiger partial charge in [-0.05, 0) is 51.4 Å². The van der Waals surface area contributed by atoms with Crippen LogP contribution in [0.5, 0.6) is 0 Å². The second-order valence-corrected chi connectivity index (χ2v) is 4.20. The summed E-state index contributed by atoms with van der Waals surface area (Å²) in [6, 6.07) is 0. The van der Waals surface area contributed by atoms with Gasteiger partial charge >= 0.3 is 0 Å². The van der Waals surface area contributed by atoms with Crippen LogP contribution in [0.3, 0.4) is 0 Å². The first-order valence-corrected chi connectivity index (χ1v) is 6.60. The van der Waals surface area contributed by atoms with Gasteiger partial charge in [-0.2, -0.15) is 0 Å². The number of allylic oxidation sites excluding steroid dienone is 8. The molecule has 0 saturated carbocycles. The molecule has 0 unspecified atom stereocenters. The molecule has 0 fully saturated rings. The summed E-state index contributed by atoms with van der Waals surface area (Å²) in [7, 11) is 0. The fourth-order valence-corrected chi connectivity index (χ4v) is 1.71. The Labute approximate surface area is 120 Å². The van der Waals surface area contributed by atoms with Crippen LogP contribution in [-0.4, -0.2) is 0 Å². The summed E-state index contributed by atoms with van der Waals surface area (Å²) < 4.78 is 0. The van der Waals surface area contributed by atoms with Gasteiger partial charge in [0.15, 0.2) is 0 Å². The third-order valence-corrected chi connectivity index (χ3v) is 2.67. The van der Waals surface area contributed by atoms with Crippen molar-refractivity contribution in [1.29, 1.82) is 0 Å². The molecule has 0 amide bonds. The first-order chi connectivity index (χ1) is 8.00. The van der Waals surface area contributed by atoms with Crippen molar-refractivity contribution in [2.75, 3.05) is 0 Å². The molecular formula is C16H24Pd. The molecule has 0 heterocycles. The maximum absolute atomic E-state index is 2.27. The van der Waals surface area contributed by atoms with Crippen LogP contribution in [0.25, 0.3) is 0 Å². The molecule has 2 aliphatic rings. The third kappa shape index (κ3) is 11.9. The Morgan fingerprint density at radius 1 is 0.294 bits per heavy atom. The van der Waals surface area contributed by atoms with Crippen LogP contribution in [0.4, 0.5) is 0 Å². The van der Waals surface area contributed by atoms with Crippen LogP contribution in [0.2, 0.25) is 0 Å². The van der Waals surface area contributed by atoms with Gasteiger partial charge in [0.05, 0.1) is 0 Å². The summed E-state index contributed by atoms with van der Waals surface area (Å²) in [4.78, 5) is 0. The Kier molecular flexibility index (Phi) is 13.4. The van der Waals surface area contributed by atoms with Crippen molar-refractivity contribution in [2.24, 2.45) is 0 Å². The van der Waals surface area contributed by atoms with Crippen molar-refractivity contribution in [3.8, 4) is 0 Å². The van der Waals surface area contributed by atoms with Gasteiger partial charge in [-0.1, -0.05) is 48.6 Å². The van der Waals surface area contributed by atoms with Crippen molar-refractivity contribution in [2.45, 2.75) is 51.4 Å². The quantitative estimate of drug-likeness (QED) is 0.417. The van der Waals surface area contributed by atoms with Gasteiger partial charge in [0, 0.05) is 20.4 Å². The van der Waals surface area contributed by atoms with Crippen LogP contribution in [0, 0.1) is 0 Å². The van der Waals surface area contributed by atoms with Gasteiger partial charge in [0.1, 0.15) is 0 Å². The van der Waals surface area contributed by atoms with Crippen molar-refractivity contribution in [3.63, 3.8) is 0 Å². The summed E-state index contributed by atoms with van der Waals surface area (Å²) in [6.07, 6.45) is 28.0. The molecule has 0 saturated heterocycles. The molecule has 0 radical (unpaired) electrons. The maximum Gasteiger partial charge on any atom is 0 e. The molecule has 0 nitrogen and oxygen atoms in total. The van der Waals surface area contributed by atoms with E-state index in [1.807, 2.05) is 0 Å².